The van der Waals surface area contributed by atoms with Crippen LogP contribution in [0.4, 0.5) is 26.3 Å². The van der Waals surface area contributed by atoms with E-state index in [9.17, 15) is 31.1 Å². The molecule has 0 amide bonds. The summed E-state index contributed by atoms with van der Waals surface area (Å²) in [7, 11) is 1.48. The van der Waals surface area contributed by atoms with Crippen LogP contribution in [0.2, 0.25) is 0 Å². The Balaban J connectivity index is 0.000000479. The van der Waals surface area contributed by atoms with Gasteiger partial charge in [-0.1, -0.05) is 0 Å². The van der Waals surface area contributed by atoms with Gasteiger partial charge in [-0.05, 0) is 23.8 Å². The van der Waals surface area contributed by atoms with Crippen molar-refractivity contribution in [3.63, 3.8) is 0 Å². The molecule has 33 heavy (non-hydrogen) atoms. The molecule has 0 fully saturated rings. The number of nitrogens with zero attached hydrogens (tertiary/aromatic N) is 3. The second kappa shape index (κ2) is 9.54. The molecule has 3 aromatic heterocycles. The summed E-state index contributed by atoms with van der Waals surface area (Å²) in [6.45, 7) is 0. The molecule has 176 valence electrons. The number of alkyl halides is 6. The molecule has 0 saturated heterocycles. The van der Waals surface area contributed by atoms with Gasteiger partial charge in [0.15, 0.2) is 17.2 Å². The molecule has 0 aromatic carbocycles. The monoisotopic (exact) mass is 478 g/mol. The van der Waals surface area contributed by atoms with Crippen LogP contribution in [0.1, 0.15) is 16.2 Å². The smallest absolute Gasteiger partial charge is 0.490 e. The molecule has 3 rings (SSSR count). The Kier molecular flexibility index (Phi) is 7.25. The summed E-state index contributed by atoms with van der Waals surface area (Å²) in [5, 5.41) is 16.1. The number of rotatable bonds is 4. The van der Waals surface area contributed by atoms with Crippen LogP contribution in [-0.4, -0.2) is 55.4 Å². The number of halogens is 6. The van der Waals surface area contributed by atoms with Gasteiger partial charge in [-0.15, -0.1) is 0 Å². The first-order valence-corrected chi connectivity index (χ1v) is 8.40. The van der Waals surface area contributed by atoms with E-state index in [1.807, 2.05) is 4.98 Å². The van der Waals surface area contributed by atoms with E-state index >= 15 is 0 Å². The second-order valence-corrected chi connectivity index (χ2v) is 5.96. The van der Waals surface area contributed by atoms with E-state index in [0.717, 1.165) is 0 Å². The molecule has 0 radical (unpaired) electrons. The van der Waals surface area contributed by atoms with Gasteiger partial charge in [0.2, 0.25) is 0 Å². The second-order valence-electron chi connectivity index (χ2n) is 5.96. The highest BCUT2D eigenvalue weighted by molar-refractivity contribution is 5.88. The van der Waals surface area contributed by atoms with Gasteiger partial charge in [0, 0.05) is 18.0 Å². The number of ether oxygens (including phenoxy) is 1. The van der Waals surface area contributed by atoms with E-state index in [1.54, 1.807) is 18.3 Å². The summed E-state index contributed by atoms with van der Waals surface area (Å²) >= 11 is 0. The zero-order valence-electron chi connectivity index (χ0n) is 16.2. The Hall–Kier alpha value is -4.17. The number of methoxy groups -OCH3 is 1. The van der Waals surface area contributed by atoms with Crippen LogP contribution in [0, 0.1) is 0 Å². The predicted octanol–water partition coefficient (Wildman–Crippen LogP) is 3.89. The fraction of sp³-hybridized carbons (Fsp3) is 0.167. The number of aromatic amines is 1. The largest absolute Gasteiger partial charge is 0.495 e. The fourth-order valence-electron chi connectivity index (χ4n) is 2.28. The third kappa shape index (κ3) is 6.41. The number of H-pyrrole nitrogens is 1. The highest BCUT2D eigenvalue weighted by Crippen LogP contribution is 2.33. The topological polar surface area (TPSA) is 138 Å². The molecule has 3 aromatic rings. The Morgan fingerprint density at radius 2 is 1.67 bits per heavy atom. The summed E-state index contributed by atoms with van der Waals surface area (Å²) in [4.78, 5) is 33.5. The highest BCUT2D eigenvalue weighted by Gasteiger charge is 2.39. The van der Waals surface area contributed by atoms with E-state index in [0.29, 0.717) is 16.9 Å². The average Bonchev–Trinajstić information content (AvgIpc) is 3.20. The van der Waals surface area contributed by atoms with Crippen molar-refractivity contribution in [2.75, 3.05) is 7.11 Å². The molecule has 0 bridgehead atoms. The molecule has 3 N–H and O–H groups in total. The first-order valence-electron chi connectivity index (χ1n) is 8.40. The number of carbonyl (C=O) groups is 2. The molecule has 0 saturated carbocycles. The Morgan fingerprint density at radius 3 is 2.15 bits per heavy atom. The number of carboxylic acids is 2. The Morgan fingerprint density at radius 1 is 1.03 bits per heavy atom. The van der Waals surface area contributed by atoms with Gasteiger partial charge in [-0.2, -0.15) is 26.3 Å². The minimum Gasteiger partial charge on any atom is -0.495 e. The third-order valence-corrected chi connectivity index (χ3v) is 3.72. The number of hydrogen-bond donors (Lipinski definition) is 3. The van der Waals surface area contributed by atoms with Crippen molar-refractivity contribution in [2.24, 2.45) is 0 Å². The maximum absolute atomic E-state index is 13.0. The van der Waals surface area contributed by atoms with Gasteiger partial charge in [0.05, 0.1) is 13.3 Å². The molecular formula is C18H12F6N4O5. The lowest BCUT2D eigenvalue weighted by molar-refractivity contribution is -0.192. The summed E-state index contributed by atoms with van der Waals surface area (Å²) in [6.07, 6.45) is -5.53. The molecular weight excluding hydrogens is 466 g/mol. The Labute approximate surface area is 179 Å². The Bertz CT molecular complexity index is 1160. The van der Waals surface area contributed by atoms with E-state index in [2.05, 4.69) is 15.0 Å². The van der Waals surface area contributed by atoms with Crippen LogP contribution >= 0.6 is 0 Å². The quantitative estimate of drug-likeness (QED) is 0.480. The summed E-state index contributed by atoms with van der Waals surface area (Å²) in [5.74, 6) is -4.33. The maximum atomic E-state index is 13.0. The standard InChI is InChI=1S/C16H11F3N4O3.C2HF3O2/c1-26-10-4-9(6-20-7-10)8-2-3-21-11(5-8)14-22-12(15(24)25)13(23-14)16(17,18)19;3-2(4,5)1(6)7/h2-7H,1H3,(H,22,23)(H,24,25);(H,6,7). The highest BCUT2D eigenvalue weighted by atomic mass is 19.4. The van der Waals surface area contributed by atoms with Crippen LogP contribution in [0.25, 0.3) is 22.6 Å². The van der Waals surface area contributed by atoms with Crippen LogP contribution < -0.4 is 4.74 Å². The number of imidazole rings is 1. The van der Waals surface area contributed by atoms with Crippen molar-refractivity contribution in [1.82, 2.24) is 19.9 Å². The molecule has 0 aliphatic heterocycles. The number of carboxylic acid groups (broad SMARTS) is 2. The summed E-state index contributed by atoms with van der Waals surface area (Å²) < 4.78 is 75.8. The van der Waals surface area contributed by atoms with E-state index in [1.165, 1.54) is 25.6 Å². The van der Waals surface area contributed by atoms with Crippen LogP contribution in [0.5, 0.6) is 5.75 Å². The van der Waals surface area contributed by atoms with Gasteiger partial charge in [-0.25, -0.2) is 14.6 Å². The van der Waals surface area contributed by atoms with Gasteiger partial charge in [0.25, 0.3) is 0 Å². The van der Waals surface area contributed by atoms with Crippen molar-refractivity contribution in [3.05, 3.63) is 48.2 Å². The average molecular weight is 478 g/mol. The molecule has 0 spiro atoms. The number of aliphatic carboxylic acids is 1. The number of aromatic carboxylic acids is 1. The van der Waals surface area contributed by atoms with Crippen molar-refractivity contribution in [1.29, 1.82) is 0 Å². The van der Waals surface area contributed by atoms with Crippen LogP contribution in [0.15, 0.2) is 36.8 Å². The van der Waals surface area contributed by atoms with Crippen molar-refractivity contribution in [2.45, 2.75) is 12.4 Å². The van der Waals surface area contributed by atoms with E-state index < -0.39 is 35.7 Å². The van der Waals surface area contributed by atoms with E-state index in [-0.39, 0.29) is 11.5 Å². The van der Waals surface area contributed by atoms with Gasteiger partial charge in [0.1, 0.15) is 11.4 Å². The van der Waals surface area contributed by atoms with Crippen molar-refractivity contribution >= 4 is 11.9 Å². The normalized spacial score (nSPS) is 11.4. The fourth-order valence-corrected chi connectivity index (χ4v) is 2.28. The zero-order valence-corrected chi connectivity index (χ0v) is 16.2. The van der Waals surface area contributed by atoms with Crippen molar-refractivity contribution < 1.29 is 50.9 Å². The molecule has 0 aliphatic carbocycles. The predicted molar refractivity (Wildman–Crippen MR) is 97.3 cm³/mol. The molecule has 0 atom stereocenters. The van der Waals surface area contributed by atoms with Gasteiger partial charge >= 0.3 is 24.3 Å². The number of pyridine rings is 2. The van der Waals surface area contributed by atoms with Gasteiger partial charge in [-0.3, -0.25) is 9.97 Å². The molecule has 0 aliphatic rings. The number of nitrogens with one attached hydrogen (secondary N) is 1. The number of aromatic nitrogens is 4. The third-order valence-electron chi connectivity index (χ3n) is 3.72. The summed E-state index contributed by atoms with van der Waals surface area (Å²) in [6, 6.07) is 4.80. The molecule has 9 nitrogen and oxygen atoms in total. The SMILES string of the molecule is COc1cncc(-c2ccnc(-c3nc(C(=O)O)c(C(F)(F)F)[nH]3)c2)c1.O=C(O)C(F)(F)F. The first kappa shape index (κ1) is 25.1. The summed E-state index contributed by atoms with van der Waals surface area (Å²) in [5.41, 5.74) is -1.24. The maximum Gasteiger partial charge on any atom is 0.490 e. The lowest BCUT2D eigenvalue weighted by atomic mass is 10.1. The minimum atomic E-state index is -5.08. The molecule has 0 unspecified atom stereocenters. The number of hydrogen-bond acceptors (Lipinski definition) is 6. The zero-order chi connectivity index (χ0) is 25.0. The van der Waals surface area contributed by atoms with Gasteiger partial charge < -0.3 is 19.9 Å². The molecule has 15 heteroatoms. The molecule has 3 heterocycles. The first-order chi connectivity index (χ1) is 15.2. The lowest BCUT2D eigenvalue weighted by Gasteiger charge is -2.05. The minimum absolute atomic E-state index is 0.0586. The van der Waals surface area contributed by atoms with Crippen LogP contribution in [0.3, 0.4) is 0 Å². The van der Waals surface area contributed by atoms with Crippen LogP contribution in [-0.2, 0) is 11.0 Å². The van der Waals surface area contributed by atoms with Crippen molar-refractivity contribution in [3.8, 4) is 28.4 Å². The van der Waals surface area contributed by atoms with E-state index in [4.69, 9.17) is 19.7 Å². The lowest BCUT2D eigenvalue weighted by Crippen LogP contribution is -2.21.